The van der Waals surface area contributed by atoms with Gasteiger partial charge in [0, 0.05) is 31.2 Å². The Morgan fingerprint density at radius 2 is 2.12 bits per heavy atom. The van der Waals surface area contributed by atoms with Gasteiger partial charge in [0.05, 0.1) is 19.8 Å². The van der Waals surface area contributed by atoms with Crippen LogP contribution in [0.15, 0.2) is 0 Å². The van der Waals surface area contributed by atoms with Crippen LogP contribution in [-0.2, 0) is 9.47 Å². The second kappa shape index (κ2) is 5.96. The molecule has 0 radical (unpaired) electrons. The molecule has 2 saturated heterocycles. The highest BCUT2D eigenvalue weighted by Gasteiger charge is 2.28. The molecule has 2 aliphatic heterocycles. The number of hydrogen-bond acceptors (Lipinski definition) is 4. The second-order valence-electron chi connectivity index (χ2n) is 5.01. The Balaban J connectivity index is 1.69. The van der Waals surface area contributed by atoms with E-state index in [2.05, 4.69) is 17.6 Å². The molecule has 0 aromatic rings. The highest BCUT2D eigenvalue weighted by molar-refractivity contribution is 4.84. The van der Waals surface area contributed by atoms with Gasteiger partial charge in [0.2, 0.25) is 0 Å². The van der Waals surface area contributed by atoms with Gasteiger partial charge in [-0.25, -0.2) is 0 Å². The van der Waals surface area contributed by atoms with Gasteiger partial charge in [-0.05, 0) is 26.3 Å². The third kappa shape index (κ3) is 2.94. The van der Waals surface area contributed by atoms with E-state index in [1.54, 1.807) is 0 Å². The van der Waals surface area contributed by atoms with E-state index in [9.17, 15) is 0 Å². The van der Waals surface area contributed by atoms with Crippen molar-refractivity contribution in [2.45, 2.75) is 25.4 Å². The summed E-state index contributed by atoms with van der Waals surface area (Å²) in [7, 11) is 2.01. The molecule has 0 saturated carbocycles. The van der Waals surface area contributed by atoms with Gasteiger partial charge in [0.1, 0.15) is 0 Å². The molecular formula is C12H24N2O2. The zero-order valence-corrected chi connectivity index (χ0v) is 10.4. The Morgan fingerprint density at radius 1 is 1.25 bits per heavy atom. The van der Waals surface area contributed by atoms with Gasteiger partial charge in [-0.3, -0.25) is 0 Å². The fourth-order valence-corrected chi connectivity index (χ4v) is 2.57. The van der Waals surface area contributed by atoms with E-state index >= 15 is 0 Å². The molecule has 4 unspecified atom stereocenters. The van der Waals surface area contributed by atoms with Crippen LogP contribution in [0, 0.1) is 11.8 Å². The first-order chi connectivity index (χ1) is 7.81. The molecule has 0 aromatic carbocycles. The molecule has 0 amide bonds. The standard InChI is InChI=1S/C12H24N2O2/c1-9(10-3-4-15-6-10)14-5-11-7-16-8-12(11)13-2/h9-14H,3-8H2,1-2H3. The quantitative estimate of drug-likeness (QED) is 0.707. The molecule has 4 heteroatoms. The van der Waals surface area contributed by atoms with Crippen molar-refractivity contribution in [3.8, 4) is 0 Å². The largest absolute Gasteiger partial charge is 0.381 e. The van der Waals surface area contributed by atoms with Gasteiger partial charge >= 0.3 is 0 Å². The highest BCUT2D eigenvalue weighted by atomic mass is 16.5. The van der Waals surface area contributed by atoms with Crippen molar-refractivity contribution in [1.29, 1.82) is 0 Å². The van der Waals surface area contributed by atoms with E-state index in [0.717, 1.165) is 33.0 Å². The van der Waals surface area contributed by atoms with Gasteiger partial charge in [0.15, 0.2) is 0 Å². The minimum absolute atomic E-state index is 0.513. The lowest BCUT2D eigenvalue weighted by molar-refractivity contribution is 0.173. The normalized spacial score (nSPS) is 36.8. The fourth-order valence-electron chi connectivity index (χ4n) is 2.57. The van der Waals surface area contributed by atoms with E-state index in [4.69, 9.17) is 9.47 Å². The maximum absolute atomic E-state index is 5.49. The lowest BCUT2D eigenvalue weighted by Gasteiger charge is -2.23. The summed E-state index contributed by atoms with van der Waals surface area (Å²) in [6, 6.07) is 1.07. The number of likely N-dealkylation sites (N-methyl/N-ethyl adjacent to an activating group) is 1. The summed E-state index contributed by atoms with van der Waals surface area (Å²) in [4.78, 5) is 0. The van der Waals surface area contributed by atoms with Crippen molar-refractivity contribution < 1.29 is 9.47 Å². The van der Waals surface area contributed by atoms with Crippen LogP contribution in [0.3, 0.4) is 0 Å². The number of hydrogen-bond donors (Lipinski definition) is 2. The molecule has 0 aromatic heterocycles. The third-order valence-electron chi connectivity index (χ3n) is 3.94. The molecule has 2 aliphatic rings. The Kier molecular flexibility index (Phi) is 4.58. The molecule has 2 fully saturated rings. The first-order valence-corrected chi connectivity index (χ1v) is 6.37. The van der Waals surface area contributed by atoms with Crippen LogP contribution < -0.4 is 10.6 Å². The van der Waals surface area contributed by atoms with Gasteiger partial charge in [-0.2, -0.15) is 0 Å². The molecule has 16 heavy (non-hydrogen) atoms. The molecule has 2 rings (SSSR count). The topological polar surface area (TPSA) is 42.5 Å². The summed E-state index contributed by atoms with van der Waals surface area (Å²) in [5, 5.41) is 6.95. The predicted molar refractivity (Wildman–Crippen MR) is 63.5 cm³/mol. The lowest BCUT2D eigenvalue weighted by Crippen LogP contribution is -2.43. The summed E-state index contributed by atoms with van der Waals surface area (Å²) in [6.45, 7) is 6.90. The van der Waals surface area contributed by atoms with Gasteiger partial charge in [-0.1, -0.05) is 0 Å². The first kappa shape index (κ1) is 12.3. The minimum Gasteiger partial charge on any atom is -0.381 e. The smallest absolute Gasteiger partial charge is 0.0623 e. The summed E-state index contributed by atoms with van der Waals surface area (Å²) >= 11 is 0. The number of rotatable bonds is 5. The first-order valence-electron chi connectivity index (χ1n) is 6.37. The maximum atomic E-state index is 5.49. The van der Waals surface area contributed by atoms with Crippen LogP contribution in [0.4, 0.5) is 0 Å². The van der Waals surface area contributed by atoms with Crippen LogP contribution in [0.5, 0.6) is 0 Å². The Morgan fingerprint density at radius 3 is 2.81 bits per heavy atom. The average Bonchev–Trinajstić information content (AvgIpc) is 2.96. The average molecular weight is 228 g/mol. The van der Waals surface area contributed by atoms with E-state index in [1.807, 2.05) is 7.05 Å². The van der Waals surface area contributed by atoms with E-state index in [1.165, 1.54) is 6.42 Å². The number of nitrogens with one attached hydrogen (secondary N) is 2. The second-order valence-corrected chi connectivity index (χ2v) is 5.01. The van der Waals surface area contributed by atoms with Gasteiger partial charge < -0.3 is 20.1 Å². The number of ether oxygens (including phenoxy) is 2. The minimum atomic E-state index is 0.513. The molecule has 2 heterocycles. The molecule has 0 aliphatic carbocycles. The van der Waals surface area contributed by atoms with E-state index < -0.39 is 0 Å². The lowest BCUT2D eigenvalue weighted by atomic mass is 9.98. The Hall–Kier alpha value is -0.160. The maximum Gasteiger partial charge on any atom is 0.0623 e. The van der Waals surface area contributed by atoms with Crippen LogP contribution in [-0.4, -0.2) is 52.1 Å². The summed E-state index contributed by atoms with van der Waals surface area (Å²) in [5.74, 6) is 1.30. The SMILES string of the molecule is CNC1COCC1CNC(C)C1CCOC1. The fraction of sp³-hybridized carbons (Fsp3) is 1.00. The van der Waals surface area contributed by atoms with Gasteiger partial charge in [-0.15, -0.1) is 0 Å². The van der Waals surface area contributed by atoms with Crippen molar-refractivity contribution in [2.24, 2.45) is 11.8 Å². The Labute approximate surface area is 98.1 Å². The zero-order chi connectivity index (χ0) is 11.4. The Bertz CT molecular complexity index is 207. The molecule has 2 N–H and O–H groups in total. The summed E-state index contributed by atoms with van der Waals surface area (Å²) in [5.41, 5.74) is 0. The summed E-state index contributed by atoms with van der Waals surface area (Å²) in [6.07, 6.45) is 1.20. The highest BCUT2D eigenvalue weighted by Crippen LogP contribution is 2.18. The monoisotopic (exact) mass is 228 g/mol. The van der Waals surface area contributed by atoms with Gasteiger partial charge in [0.25, 0.3) is 0 Å². The molecule has 94 valence electrons. The van der Waals surface area contributed by atoms with E-state index in [-0.39, 0.29) is 0 Å². The van der Waals surface area contributed by atoms with Crippen LogP contribution in [0.1, 0.15) is 13.3 Å². The van der Waals surface area contributed by atoms with Crippen molar-refractivity contribution in [3.05, 3.63) is 0 Å². The molecule has 0 spiro atoms. The molecule has 0 bridgehead atoms. The molecular weight excluding hydrogens is 204 g/mol. The zero-order valence-electron chi connectivity index (χ0n) is 10.4. The van der Waals surface area contributed by atoms with Crippen LogP contribution in [0.2, 0.25) is 0 Å². The third-order valence-corrected chi connectivity index (χ3v) is 3.94. The van der Waals surface area contributed by atoms with Crippen molar-refractivity contribution in [2.75, 3.05) is 40.0 Å². The van der Waals surface area contributed by atoms with E-state index in [0.29, 0.717) is 23.9 Å². The molecule has 4 nitrogen and oxygen atoms in total. The van der Waals surface area contributed by atoms with Crippen LogP contribution in [0.25, 0.3) is 0 Å². The van der Waals surface area contributed by atoms with Crippen molar-refractivity contribution in [3.63, 3.8) is 0 Å². The van der Waals surface area contributed by atoms with Crippen molar-refractivity contribution in [1.82, 2.24) is 10.6 Å². The van der Waals surface area contributed by atoms with Crippen molar-refractivity contribution >= 4 is 0 Å². The molecule has 4 atom stereocenters. The summed E-state index contributed by atoms with van der Waals surface area (Å²) < 4.78 is 10.9. The predicted octanol–water partition coefficient (Wildman–Crippen LogP) is 0.235. The van der Waals surface area contributed by atoms with Crippen LogP contribution >= 0.6 is 0 Å².